The van der Waals surface area contributed by atoms with Gasteiger partial charge in [0, 0.05) is 30.9 Å². The minimum atomic E-state index is -0.470. The Morgan fingerprint density at radius 2 is 1.86 bits per heavy atom. The molecule has 1 amide bonds. The highest BCUT2D eigenvalue weighted by molar-refractivity contribution is 5.93. The number of likely N-dealkylation sites (N-methyl/N-ethyl adjacent to an activating group) is 1. The minimum Gasteiger partial charge on any atom is -0.390 e. The zero-order valence-corrected chi connectivity index (χ0v) is 16.8. The van der Waals surface area contributed by atoms with E-state index in [0.717, 1.165) is 18.5 Å². The van der Waals surface area contributed by atoms with Gasteiger partial charge in [-0.15, -0.1) is 0 Å². The number of likely N-dealkylation sites (tertiary alicyclic amines) is 1. The molecular weight excluding hydrogens is 364 g/mol. The number of piperidine rings is 1. The lowest BCUT2D eigenvalue weighted by molar-refractivity contribution is -0.00153. The summed E-state index contributed by atoms with van der Waals surface area (Å²) in [4.78, 5) is 21.5. The number of amides is 1. The summed E-state index contributed by atoms with van der Waals surface area (Å²) < 4.78 is 1.87. The van der Waals surface area contributed by atoms with Crippen LogP contribution in [-0.4, -0.2) is 63.5 Å². The Hall–Kier alpha value is -2.70. The number of aliphatic hydroxyl groups is 1. The summed E-state index contributed by atoms with van der Waals surface area (Å²) in [5.74, 6) is -0.0338. The van der Waals surface area contributed by atoms with E-state index in [0.29, 0.717) is 18.8 Å². The van der Waals surface area contributed by atoms with E-state index in [9.17, 15) is 9.90 Å². The van der Waals surface area contributed by atoms with Crippen molar-refractivity contribution in [3.05, 3.63) is 71.7 Å². The lowest BCUT2D eigenvalue weighted by Gasteiger charge is -2.43. The fourth-order valence-corrected chi connectivity index (χ4v) is 5.27. The van der Waals surface area contributed by atoms with Gasteiger partial charge in [0.1, 0.15) is 11.3 Å². The Labute approximate surface area is 170 Å². The summed E-state index contributed by atoms with van der Waals surface area (Å²) >= 11 is 0. The number of hydrogen-bond acceptors (Lipinski definition) is 4. The largest absolute Gasteiger partial charge is 0.390 e. The molecule has 1 saturated heterocycles. The quantitative estimate of drug-likeness (QED) is 0.730. The van der Waals surface area contributed by atoms with Crippen LogP contribution in [0.3, 0.4) is 0 Å². The normalized spacial score (nSPS) is 23.1. The van der Waals surface area contributed by atoms with Crippen molar-refractivity contribution in [1.29, 1.82) is 0 Å². The van der Waals surface area contributed by atoms with E-state index in [-0.39, 0.29) is 17.4 Å². The van der Waals surface area contributed by atoms with Crippen molar-refractivity contribution in [2.45, 2.75) is 30.4 Å². The van der Waals surface area contributed by atoms with Crippen LogP contribution >= 0.6 is 0 Å². The molecule has 0 radical (unpaired) electrons. The lowest BCUT2D eigenvalue weighted by atomic mass is 9.72. The zero-order valence-electron chi connectivity index (χ0n) is 16.8. The number of nitrogens with zero attached hydrogens (tertiary/aromatic N) is 4. The first-order chi connectivity index (χ1) is 14.0. The van der Waals surface area contributed by atoms with Gasteiger partial charge in [-0.3, -0.25) is 4.79 Å². The van der Waals surface area contributed by atoms with Gasteiger partial charge in [0.2, 0.25) is 0 Å². The van der Waals surface area contributed by atoms with E-state index in [1.165, 1.54) is 11.1 Å². The molecule has 1 spiro atoms. The van der Waals surface area contributed by atoms with E-state index in [4.69, 9.17) is 0 Å². The molecule has 0 unspecified atom stereocenters. The number of benzene rings is 1. The molecule has 2 atom stereocenters. The fraction of sp³-hybridized carbons (Fsp3) is 0.391. The molecule has 1 aliphatic carbocycles. The smallest absolute Gasteiger partial charge is 0.274 e. The van der Waals surface area contributed by atoms with E-state index in [1.807, 2.05) is 53.9 Å². The Morgan fingerprint density at radius 1 is 1.14 bits per heavy atom. The number of imidazole rings is 1. The zero-order chi connectivity index (χ0) is 20.2. The first kappa shape index (κ1) is 18.3. The van der Waals surface area contributed by atoms with Crippen molar-refractivity contribution in [2.24, 2.45) is 0 Å². The number of pyridine rings is 1. The van der Waals surface area contributed by atoms with Crippen LogP contribution in [-0.2, 0) is 5.41 Å². The van der Waals surface area contributed by atoms with Gasteiger partial charge in [-0.05, 0) is 50.2 Å². The molecule has 2 aliphatic rings. The number of aromatic nitrogens is 2. The molecule has 2 aromatic heterocycles. The van der Waals surface area contributed by atoms with E-state index < -0.39 is 6.10 Å². The number of carbonyl (C=O) groups is 1. The summed E-state index contributed by atoms with van der Waals surface area (Å²) in [6, 6.07) is 14.1. The Morgan fingerprint density at radius 3 is 2.59 bits per heavy atom. The molecule has 1 aromatic carbocycles. The average Bonchev–Trinajstić information content (AvgIpc) is 3.26. The van der Waals surface area contributed by atoms with Crippen LogP contribution in [0.4, 0.5) is 0 Å². The molecule has 3 heterocycles. The molecule has 1 N–H and O–H groups in total. The maximum absolute atomic E-state index is 13.1. The second kappa shape index (κ2) is 6.68. The van der Waals surface area contributed by atoms with Crippen molar-refractivity contribution in [3.8, 4) is 0 Å². The maximum Gasteiger partial charge on any atom is 0.274 e. The highest BCUT2D eigenvalue weighted by atomic mass is 16.3. The monoisotopic (exact) mass is 390 g/mol. The summed E-state index contributed by atoms with van der Waals surface area (Å²) in [7, 11) is 4.04. The molecule has 0 saturated carbocycles. The number of hydrogen-bond donors (Lipinski definition) is 1. The predicted octanol–water partition coefficient (Wildman–Crippen LogP) is 2.49. The molecule has 0 bridgehead atoms. The van der Waals surface area contributed by atoms with Gasteiger partial charge in [0.05, 0.1) is 12.1 Å². The molecule has 3 aromatic rings. The minimum absolute atomic E-state index is 0.00751. The van der Waals surface area contributed by atoms with Gasteiger partial charge in [-0.25, -0.2) is 4.98 Å². The predicted molar refractivity (Wildman–Crippen MR) is 111 cm³/mol. The van der Waals surface area contributed by atoms with Gasteiger partial charge < -0.3 is 19.3 Å². The second-order valence-corrected chi connectivity index (χ2v) is 8.48. The Balaban J connectivity index is 1.40. The van der Waals surface area contributed by atoms with Crippen molar-refractivity contribution in [1.82, 2.24) is 19.2 Å². The van der Waals surface area contributed by atoms with Gasteiger partial charge in [-0.2, -0.15) is 0 Å². The van der Waals surface area contributed by atoms with Crippen molar-refractivity contribution >= 4 is 11.6 Å². The van der Waals surface area contributed by atoms with Crippen molar-refractivity contribution in [3.63, 3.8) is 0 Å². The van der Waals surface area contributed by atoms with Crippen LogP contribution in [0.15, 0.2) is 54.9 Å². The van der Waals surface area contributed by atoms with Crippen molar-refractivity contribution in [2.75, 3.05) is 27.2 Å². The third-order valence-corrected chi connectivity index (χ3v) is 6.76. The first-order valence-corrected chi connectivity index (χ1v) is 10.2. The van der Waals surface area contributed by atoms with E-state index >= 15 is 0 Å². The molecule has 29 heavy (non-hydrogen) atoms. The number of rotatable bonds is 2. The average molecular weight is 390 g/mol. The standard InChI is InChI=1S/C23H26N4O2/c1-25(2)20-16-7-3-4-8-17(16)23(21(20)28)10-13-26(14-11-23)22(29)18-15-27-12-6-5-9-19(27)24-18/h3-9,12,15,20-21,28H,10-11,13-14H2,1-2H3/t20-,21+/m1/s1. The third kappa shape index (κ3) is 2.70. The number of aliphatic hydroxyl groups excluding tert-OH is 1. The van der Waals surface area contributed by atoms with Crippen LogP contribution < -0.4 is 0 Å². The summed E-state index contributed by atoms with van der Waals surface area (Å²) in [6.07, 6.45) is 4.74. The first-order valence-electron chi connectivity index (χ1n) is 10.2. The van der Waals surface area contributed by atoms with Crippen LogP contribution in [0.1, 0.15) is 40.5 Å². The van der Waals surface area contributed by atoms with Crippen LogP contribution in [0.25, 0.3) is 5.65 Å². The number of carbonyl (C=O) groups excluding carboxylic acids is 1. The SMILES string of the molecule is CN(C)[C@@H]1c2ccccc2C2(CCN(C(=O)c3cn4ccccc4n3)CC2)[C@H]1O. The summed E-state index contributed by atoms with van der Waals surface area (Å²) in [6.45, 7) is 1.25. The molecule has 5 rings (SSSR count). The highest BCUT2D eigenvalue weighted by Crippen LogP contribution is 2.52. The van der Waals surface area contributed by atoms with Crippen LogP contribution in [0, 0.1) is 0 Å². The summed E-state index contributed by atoms with van der Waals surface area (Å²) in [5.41, 5.74) is 3.42. The molecule has 6 nitrogen and oxygen atoms in total. The van der Waals surface area contributed by atoms with E-state index in [2.05, 4.69) is 28.1 Å². The maximum atomic E-state index is 13.1. The third-order valence-electron chi connectivity index (χ3n) is 6.76. The molecule has 150 valence electrons. The van der Waals surface area contributed by atoms with Gasteiger partial charge >= 0.3 is 0 Å². The van der Waals surface area contributed by atoms with Gasteiger partial charge in [0.25, 0.3) is 5.91 Å². The van der Waals surface area contributed by atoms with Crippen molar-refractivity contribution < 1.29 is 9.90 Å². The Bertz CT molecular complexity index is 1030. The molecule has 6 heteroatoms. The molecular formula is C23H26N4O2. The van der Waals surface area contributed by atoms with Gasteiger partial charge in [-0.1, -0.05) is 30.3 Å². The van der Waals surface area contributed by atoms with Gasteiger partial charge in [0.15, 0.2) is 0 Å². The lowest BCUT2D eigenvalue weighted by Crippen LogP contribution is -2.50. The molecule has 1 fully saturated rings. The summed E-state index contributed by atoms with van der Waals surface area (Å²) in [5, 5.41) is 11.3. The number of fused-ring (bicyclic) bond motifs is 3. The second-order valence-electron chi connectivity index (χ2n) is 8.48. The highest BCUT2D eigenvalue weighted by Gasteiger charge is 2.53. The fourth-order valence-electron chi connectivity index (χ4n) is 5.27. The van der Waals surface area contributed by atoms with Crippen LogP contribution in [0.5, 0.6) is 0 Å². The topological polar surface area (TPSA) is 61.1 Å². The molecule has 1 aliphatic heterocycles. The van der Waals surface area contributed by atoms with E-state index in [1.54, 1.807) is 6.20 Å². The Kier molecular flexibility index (Phi) is 4.22. The van der Waals surface area contributed by atoms with Crippen LogP contribution in [0.2, 0.25) is 0 Å².